The van der Waals surface area contributed by atoms with Crippen LogP contribution in [0.2, 0.25) is 10.0 Å². The third-order valence-corrected chi connectivity index (χ3v) is 4.97. The molecule has 7 nitrogen and oxygen atoms in total. The third kappa shape index (κ3) is 6.42. The van der Waals surface area contributed by atoms with Crippen LogP contribution in [0.1, 0.15) is 5.56 Å². The van der Waals surface area contributed by atoms with E-state index in [1.54, 1.807) is 32.4 Å². The van der Waals surface area contributed by atoms with E-state index in [2.05, 4.69) is 15.6 Å². The number of halogens is 2. The number of ether oxygens (including phenoxy) is 3. The first-order valence-corrected chi connectivity index (χ1v) is 10.5. The monoisotopic (exact) mass is 475 g/mol. The van der Waals surface area contributed by atoms with Gasteiger partial charge in [-0.2, -0.15) is 0 Å². The summed E-state index contributed by atoms with van der Waals surface area (Å²) in [4.78, 5) is 16.4. The Labute approximate surface area is 196 Å². The van der Waals surface area contributed by atoms with Gasteiger partial charge in [0.25, 0.3) is 0 Å². The van der Waals surface area contributed by atoms with E-state index in [-0.39, 0.29) is 18.3 Å². The van der Waals surface area contributed by atoms with Crippen LogP contribution in [0.3, 0.4) is 0 Å². The van der Waals surface area contributed by atoms with E-state index in [0.717, 1.165) is 5.56 Å². The fourth-order valence-electron chi connectivity index (χ4n) is 2.90. The predicted molar refractivity (Wildman–Crippen MR) is 126 cm³/mol. The number of hydrogen-bond donors (Lipinski definition) is 2. The maximum Gasteiger partial charge on any atom is 0.239 e. The summed E-state index contributed by atoms with van der Waals surface area (Å²) in [6.07, 6.45) is 2.11. The highest BCUT2D eigenvalue weighted by molar-refractivity contribution is 6.35. The quantitative estimate of drug-likeness (QED) is 0.430. The van der Waals surface area contributed by atoms with Crippen LogP contribution < -0.4 is 24.8 Å². The van der Waals surface area contributed by atoms with Crippen molar-refractivity contribution in [2.75, 3.05) is 32.6 Å². The largest absolute Gasteiger partial charge is 0.493 e. The summed E-state index contributed by atoms with van der Waals surface area (Å²) in [6, 6.07) is 14.4. The average molecular weight is 476 g/mol. The summed E-state index contributed by atoms with van der Waals surface area (Å²) in [5.74, 6) is 1.89. The Balaban J connectivity index is 1.52. The van der Waals surface area contributed by atoms with Crippen LogP contribution in [0.5, 0.6) is 23.1 Å². The first-order chi connectivity index (χ1) is 15.5. The average Bonchev–Trinajstić information content (AvgIpc) is 2.80. The number of para-hydroxylation sites is 2. The summed E-state index contributed by atoms with van der Waals surface area (Å²) in [6.45, 7) is 0.562. The van der Waals surface area contributed by atoms with Crippen LogP contribution >= 0.6 is 23.2 Å². The number of anilines is 1. The van der Waals surface area contributed by atoms with E-state index < -0.39 is 0 Å². The first-order valence-electron chi connectivity index (χ1n) is 9.79. The zero-order valence-electron chi connectivity index (χ0n) is 17.7. The molecule has 0 aliphatic carbocycles. The second-order valence-corrected chi connectivity index (χ2v) is 7.53. The highest BCUT2D eigenvalue weighted by Gasteiger charge is 2.11. The Kier molecular flexibility index (Phi) is 8.41. The molecule has 0 fully saturated rings. The number of hydrogen-bond acceptors (Lipinski definition) is 6. The van der Waals surface area contributed by atoms with Gasteiger partial charge in [0, 0.05) is 12.7 Å². The Bertz CT molecular complexity index is 1080. The van der Waals surface area contributed by atoms with Crippen molar-refractivity contribution in [3.8, 4) is 23.1 Å². The maximum absolute atomic E-state index is 12.3. The van der Waals surface area contributed by atoms with Crippen LogP contribution in [-0.4, -0.2) is 38.2 Å². The van der Waals surface area contributed by atoms with Crippen molar-refractivity contribution >= 4 is 34.8 Å². The van der Waals surface area contributed by atoms with Gasteiger partial charge >= 0.3 is 0 Å². The molecule has 3 aromatic rings. The molecule has 2 aromatic carbocycles. The van der Waals surface area contributed by atoms with Gasteiger partial charge in [0.15, 0.2) is 17.2 Å². The van der Waals surface area contributed by atoms with Gasteiger partial charge in [0.2, 0.25) is 11.8 Å². The molecule has 0 bridgehead atoms. The van der Waals surface area contributed by atoms with Gasteiger partial charge in [0.1, 0.15) is 5.02 Å². The van der Waals surface area contributed by atoms with E-state index in [1.807, 2.05) is 30.3 Å². The molecule has 0 spiro atoms. The molecule has 2 N–H and O–H groups in total. The molecule has 1 amide bonds. The molecular weight excluding hydrogens is 453 g/mol. The fraction of sp³-hybridized carbons (Fsp3) is 0.217. The second kappa shape index (κ2) is 11.5. The van der Waals surface area contributed by atoms with Gasteiger partial charge in [-0.1, -0.05) is 41.4 Å². The maximum atomic E-state index is 12.3. The van der Waals surface area contributed by atoms with Crippen LogP contribution in [0, 0.1) is 0 Å². The van der Waals surface area contributed by atoms with Gasteiger partial charge in [0.05, 0.1) is 31.5 Å². The normalized spacial score (nSPS) is 10.4. The van der Waals surface area contributed by atoms with Crippen molar-refractivity contribution in [2.24, 2.45) is 0 Å². The van der Waals surface area contributed by atoms with Crippen molar-refractivity contribution < 1.29 is 19.0 Å². The molecule has 3 rings (SSSR count). The second-order valence-electron chi connectivity index (χ2n) is 6.68. The predicted octanol–water partition coefficient (Wildman–Crippen LogP) is 4.97. The van der Waals surface area contributed by atoms with Crippen molar-refractivity contribution in [3.63, 3.8) is 0 Å². The third-order valence-electron chi connectivity index (χ3n) is 4.49. The van der Waals surface area contributed by atoms with Gasteiger partial charge in [-0.25, -0.2) is 4.98 Å². The number of benzene rings is 2. The van der Waals surface area contributed by atoms with Crippen LogP contribution in [0.15, 0.2) is 54.7 Å². The standard InChI is InChI=1S/C23H23Cl2N3O4/c1-30-20-8-7-15(11-21(20)31-2)9-10-26-22(29)14-27-18-5-3-4-6-19(18)32-23-17(25)12-16(24)13-28-23/h3-8,11-13,27H,9-10,14H2,1-2H3,(H,26,29). The van der Waals surface area contributed by atoms with Crippen molar-refractivity contribution in [1.82, 2.24) is 10.3 Å². The zero-order chi connectivity index (χ0) is 22.9. The minimum Gasteiger partial charge on any atom is -0.493 e. The number of nitrogens with one attached hydrogen (secondary N) is 2. The van der Waals surface area contributed by atoms with Gasteiger partial charge in [-0.05, 0) is 42.3 Å². The van der Waals surface area contributed by atoms with E-state index in [0.29, 0.717) is 45.9 Å². The summed E-state index contributed by atoms with van der Waals surface area (Å²) in [7, 11) is 3.18. The molecule has 0 atom stereocenters. The molecular formula is C23H23Cl2N3O4. The molecule has 0 radical (unpaired) electrons. The van der Waals surface area contributed by atoms with Crippen molar-refractivity contribution in [3.05, 3.63) is 70.3 Å². The number of nitrogens with zero attached hydrogens (tertiary/aromatic N) is 1. The molecule has 168 valence electrons. The fourth-order valence-corrected chi connectivity index (χ4v) is 3.32. The highest BCUT2D eigenvalue weighted by Crippen LogP contribution is 2.33. The highest BCUT2D eigenvalue weighted by atomic mass is 35.5. The molecule has 0 aliphatic heterocycles. The number of methoxy groups -OCH3 is 2. The molecule has 0 aliphatic rings. The molecule has 0 saturated carbocycles. The summed E-state index contributed by atoms with van der Waals surface area (Å²) in [5, 5.41) is 6.67. The van der Waals surface area contributed by atoms with Gasteiger partial charge < -0.3 is 24.8 Å². The summed E-state index contributed by atoms with van der Waals surface area (Å²) in [5.41, 5.74) is 1.66. The van der Waals surface area contributed by atoms with Crippen molar-refractivity contribution in [1.29, 1.82) is 0 Å². The van der Waals surface area contributed by atoms with E-state index >= 15 is 0 Å². The zero-order valence-corrected chi connectivity index (χ0v) is 19.2. The lowest BCUT2D eigenvalue weighted by atomic mass is 10.1. The molecule has 9 heteroatoms. The molecule has 0 unspecified atom stereocenters. The minimum absolute atomic E-state index is 0.0775. The SMILES string of the molecule is COc1ccc(CCNC(=O)CNc2ccccc2Oc2ncc(Cl)cc2Cl)cc1OC. The topological polar surface area (TPSA) is 81.7 Å². The Morgan fingerprint density at radius 3 is 2.53 bits per heavy atom. The van der Waals surface area contributed by atoms with Gasteiger partial charge in [-0.3, -0.25) is 4.79 Å². The van der Waals surface area contributed by atoms with E-state index in [1.165, 1.54) is 6.20 Å². The summed E-state index contributed by atoms with van der Waals surface area (Å²) >= 11 is 12.0. The first kappa shape index (κ1) is 23.5. The van der Waals surface area contributed by atoms with E-state index in [9.17, 15) is 4.79 Å². The lowest BCUT2D eigenvalue weighted by Gasteiger charge is -2.13. The van der Waals surface area contributed by atoms with Crippen molar-refractivity contribution in [2.45, 2.75) is 6.42 Å². The van der Waals surface area contributed by atoms with Crippen LogP contribution in [0.4, 0.5) is 5.69 Å². The Hall–Kier alpha value is -3.16. The lowest BCUT2D eigenvalue weighted by molar-refractivity contribution is -0.119. The number of pyridine rings is 1. The molecule has 1 aromatic heterocycles. The number of rotatable bonds is 10. The number of carbonyl (C=O) groups excluding carboxylic acids is 1. The molecule has 0 saturated heterocycles. The number of aromatic nitrogens is 1. The van der Waals surface area contributed by atoms with Crippen LogP contribution in [-0.2, 0) is 11.2 Å². The number of carbonyl (C=O) groups is 1. The Morgan fingerprint density at radius 1 is 1.00 bits per heavy atom. The minimum atomic E-state index is -0.150. The molecule has 1 heterocycles. The van der Waals surface area contributed by atoms with Gasteiger partial charge in [-0.15, -0.1) is 0 Å². The smallest absolute Gasteiger partial charge is 0.239 e. The molecule has 32 heavy (non-hydrogen) atoms. The summed E-state index contributed by atoms with van der Waals surface area (Å²) < 4.78 is 16.3. The van der Waals surface area contributed by atoms with Crippen LogP contribution in [0.25, 0.3) is 0 Å². The number of amides is 1. The lowest BCUT2D eigenvalue weighted by Crippen LogP contribution is -2.31. The van der Waals surface area contributed by atoms with E-state index in [4.69, 9.17) is 37.4 Å². The Morgan fingerprint density at radius 2 is 1.78 bits per heavy atom.